The summed E-state index contributed by atoms with van der Waals surface area (Å²) in [5.41, 5.74) is 7.35. The van der Waals surface area contributed by atoms with E-state index in [1.54, 1.807) is 20.3 Å². The van der Waals surface area contributed by atoms with E-state index in [0.29, 0.717) is 23.1 Å². The van der Waals surface area contributed by atoms with E-state index in [-0.39, 0.29) is 0 Å². The van der Waals surface area contributed by atoms with Gasteiger partial charge in [-0.05, 0) is 18.6 Å². The SMILES string of the molecule is COc1ccc(C)c(-c2cc(N)no2)c1OC. The van der Waals surface area contributed by atoms with E-state index < -0.39 is 0 Å². The van der Waals surface area contributed by atoms with Gasteiger partial charge < -0.3 is 19.7 Å². The summed E-state index contributed by atoms with van der Waals surface area (Å²) in [5, 5.41) is 3.67. The van der Waals surface area contributed by atoms with Crippen molar-refractivity contribution < 1.29 is 14.0 Å². The molecule has 2 N–H and O–H groups in total. The standard InChI is InChI=1S/C12H14N2O3/c1-7-4-5-8(15-2)12(16-3)11(7)9-6-10(13)14-17-9/h4-6H,1-3H3,(H2,13,14). The maximum atomic E-state index is 5.55. The zero-order chi connectivity index (χ0) is 12.4. The number of ether oxygens (including phenoxy) is 2. The molecule has 0 unspecified atom stereocenters. The second-order valence-corrected chi connectivity index (χ2v) is 3.61. The molecule has 1 aromatic carbocycles. The topological polar surface area (TPSA) is 70.5 Å². The van der Waals surface area contributed by atoms with Crippen molar-refractivity contribution in [2.24, 2.45) is 0 Å². The molecular weight excluding hydrogens is 220 g/mol. The largest absolute Gasteiger partial charge is 0.493 e. The van der Waals surface area contributed by atoms with E-state index in [1.165, 1.54) is 0 Å². The van der Waals surface area contributed by atoms with Crippen LogP contribution in [-0.2, 0) is 0 Å². The van der Waals surface area contributed by atoms with Gasteiger partial charge in [-0.1, -0.05) is 11.2 Å². The first-order chi connectivity index (χ1) is 8.17. The molecule has 0 aliphatic heterocycles. The lowest BCUT2D eigenvalue weighted by Gasteiger charge is -2.12. The molecule has 2 aromatic rings. The molecule has 0 spiro atoms. The van der Waals surface area contributed by atoms with Crippen molar-refractivity contribution in [3.63, 3.8) is 0 Å². The fourth-order valence-electron chi connectivity index (χ4n) is 1.74. The highest BCUT2D eigenvalue weighted by atomic mass is 16.5. The molecule has 0 radical (unpaired) electrons. The fourth-order valence-corrected chi connectivity index (χ4v) is 1.74. The van der Waals surface area contributed by atoms with Gasteiger partial charge in [0, 0.05) is 6.07 Å². The normalized spacial score (nSPS) is 10.3. The summed E-state index contributed by atoms with van der Waals surface area (Å²) in [4.78, 5) is 0. The van der Waals surface area contributed by atoms with Crippen LogP contribution < -0.4 is 15.2 Å². The van der Waals surface area contributed by atoms with Gasteiger partial charge in [0.05, 0.1) is 19.8 Å². The fraction of sp³-hybridized carbons (Fsp3) is 0.250. The predicted molar refractivity (Wildman–Crippen MR) is 64.2 cm³/mol. The van der Waals surface area contributed by atoms with Gasteiger partial charge in [-0.2, -0.15) is 0 Å². The Morgan fingerprint density at radius 1 is 1.24 bits per heavy atom. The molecule has 90 valence electrons. The minimum atomic E-state index is 0.337. The van der Waals surface area contributed by atoms with E-state index in [4.69, 9.17) is 19.7 Å². The zero-order valence-electron chi connectivity index (χ0n) is 9.98. The molecule has 1 aromatic heterocycles. The van der Waals surface area contributed by atoms with Gasteiger partial charge in [-0.15, -0.1) is 0 Å². The van der Waals surface area contributed by atoms with Crippen LogP contribution in [0.2, 0.25) is 0 Å². The molecule has 0 amide bonds. The summed E-state index contributed by atoms with van der Waals surface area (Å²) in [7, 11) is 3.17. The summed E-state index contributed by atoms with van der Waals surface area (Å²) in [6.45, 7) is 1.95. The van der Waals surface area contributed by atoms with Crippen LogP contribution in [0.5, 0.6) is 11.5 Å². The van der Waals surface area contributed by atoms with Crippen LogP contribution >= 0.6 is 0 Å². The number of hydrogen-bond acceptors (Lipinski definition) is 5. The number of nitrogens with two attached hydrogens (primary N) is 1. The second kappa shape index (κ2) is 4.37. The molecule has 0 aliphatic rings. The van der Waals surface area contributed by atoms with Crippen molar-refractivity contribution in [3.05, 3.63) is 23.8 Å². The van der Waals surface area contributed by atoms with Crippen molar-refractivity contribution in [2.75, 3.05) is 20.0 Å². The van der Waals surface area contributed by atoms with Gasteiger partial charge in [0.1, 0.15) is 0 Å². The Labute approximate surface area is 99.1 Å². The van der Waals surface area contributed by atoms with Gasteiger partial charge in [0.15, 0.2) is 23.1 Å². The number of rotatable bonds is 3. The lowest BCUT2D eigenvalue weighted by Crippen LogP contribution is -1.95. The Kier molecular flexibility index (Phi) is 2.91. The Morgan fingerprint density at radius 2 is 2.00 bits per heavy atom. The first-order valence-electron chi connectivity index (χ1n) is 5.11. The number of benzene rings is 1. The minimum Gasteiger partial charge on any atom is -0.493 e. The van der Waals surface area contributed by atoms with E-state index in [1.807, 2.05) is 19.1 Å². The number of aromatic nitrogens is 1. The average molecular weight is 234 g/mol. The summed E-state index contributed by atoms with van der Waals surface area (Å²) in [5.74, 6) is 2.16. The first kappa shape index (κ1) is 11.3. The highest BCUT2D eigenvalue weighted by Crippen LogP contribution is 2.40. The van der Waals surface area contributed by atoms with E-state index in [2.05, 4.69) is 5.16 Å². The molecule has 0 saturated carbocycles. The Balaban J connectivity index is 2.66. The van der Waals surface area contributed by atoms with Crippen molar-refractivity contribution >= 4 is 5.82 Å². The smallest absolute Gasteiger partial charge is 0.173 e. The van der Waals surface area contributed by atoms with E-state index >= 15 is 0 Å². The summed E-state index contributed by atoms with van der Waals surface area (Å²) >= 11 is 0. The maximum Gasteiger partial charge on any atom is 0.173 e. The molecule has 0 aliphatic carbocycles. The Hall–Kier alpha value is -2.17. The van der Waals surface area contributed by atoms with Crippen LogP contribution in [0.4, 0.5) is 5.82 Å². The molecule has 0 bridgehead atoms. The molecule has 0 atom stereocenters. The third kappa shape index (κ3) is 1.91. The number of methoxy groups -OCH3 is 2. The van der Waals surface area contributed by atoms with Crippen molar-refractivity contribution in [3.8, 4) is 22.8 Å². The third-order valence-corrected chi connectivity index (χ3v) is 2.53. The highest BCUT2D eigenvalue weighted by Gasteiger charge is 2.18. The highest BCUT2D eigenvalue weighted by molar-refractivity contribution is 5.74. The van der Waals surface area contributed by atoms with E-state index in [0.717, 1.165) is 11.1 Å². The molecule has 2 rings (SSSR count). The van der Waals surface area contributed by atoms with Crippen molar-refractivity contribution in [1.82, 2.24) is 5.16 Å². The lowest BCUT2D eigenvalue weighted by atomic mass is 10.0. The number of nitrogens with zero attached hydrogens (tertiary/aromatic N) is 1. The monoisotopic (exact) mass is 234 g/mol. The molecule has 0 saturated heterocycles. The average Bonchev–Trinajstić information content (AvgIpc) is 2.74. The van der Waals surface area contributed by atoms with Gasteiger partial charge in [-0.25, -0.2) is 0 Å². The molecule has 5 heteroatoms. The van der Waals surface area contributed by atoms with Crippen molar-refractivity contribution in [2.45, 2.75) is 6.92 Å². The Morgan fingerprint density at radius 3 is 2.53 bits per heavy atom. The van der Waals surface area contributed by atoms with Crippen LogP contribution in [0.15, 0.2) is 22.7 Å². The van der Waals surface area contributed by atoms with Gasteiger partial charge in [0.2, 0.25) is 0 Å². The zero-order valence-corrected chi connectivity index (χ0v) is 9.98. The van der Waals surface area contributed by atoms with Crippen LogP contribution in [0.25, 0.3) is 11.3 Å². The number of nitrogen functional groups attached to an aromatic ring is 1. The van der Waals surface area contributed by atoms with Crippen molar-refractivity contribution in [1.29, 1.82) is 0 Å². The number of hydrogen-bond donors (Lipinski definition) is 1. The molecule has 5 nitrogen and oxygen atoms in total. The molecular formula is C12H14N2O3. The third-order valence-electron chi connectivity index (χ3n) is 2.53. The quantitative estimate of drug-likeness (QED) is 0.881. The number of anilines is 1. The molecule has 0 fully saturated rings. The Bertz CT molecular complexity index is 535. The molecule has 17 heavy (non-hydrogen) atoms. The summed E-state index contributed by atoms with van der Waals surface area (Å²) < 4.78 is 15.8. The lowest BCUT2D eigenvalue weighted by molar-refractivity contribution is 0.353. The van der Waals surface area contributed by atoms with E-state index in [9.17, 15) is 0 Å². The summed E-state index contributed by atoms with van der Waals surface area (Å²) in [6.07, 6.45) is 0. The number of aryl methyl sites for hydroxylation is 1. The summed E-state index contributed by atoms with van der Waals surface area (Å²) in [6, 6.07) is 5.43. The van der Waals surface area contributed by atoms with Crippen LogP contribution in [0.1, 0.15) is 5.56 Å². The van der Waals surface area contributed by atoms with Gasteiger partial charge in [0.25, 0.3) is 0 Å². The predicted octanol–water partition coefficient (Wildman–Crippen LogP) is 2.25. The van der Waals surface area contributed by atoms with Gasteiger partial charge in [-0.3, -0.25) is 0 Å². The first-order valence-corrected chi connectivity index (χ1v) is 5.11. The maximum absolute atomic E-state index is 5.55. The van der Waals surface area contributed by atoms with Crippen LogP contribution in [-0.4, -0.2) is 19.4 Å². The van der Waals surface area contributed by atoms with Crippen LogP contribution in [0, 0.1) is 6.92 Å². The minimum absolute atomic E-state index is 0.337. The van der Waals surface area contributed by atoms with Gasteiger partial charge >= 0.3 is 0 Å². The second-order valence-electron chi connectivity index (χ2n) is 3.61. The molecule has 1 heterocycles. The van der Waals surface area contributed by atoms with Crippen LogP contribution in [0.3, 0.4) is 0 Å².